The maximum absolute atomic E-state index is 12.4. The van der Waals surface area contributed by atoms with Gasteiger partial charge in [-0.15, -0.1) is 0 Å². The highest BCUT2D eigenvalue weighted by Crippen LogP contribution is 2.33. The van der Waals surface area contributed by atoms with Crippen LogP contribution in [0, 0.1) is 34.5 Å². The summed E-state index contributed by atoms with van der Waals surface area (Å²) in [6.45, 7) is 12.1. The Morgan fingerprint density at radius 3 is 1.30 bits per heavy atom. The number of nitrogens with zero attached hydrogens (tertiary/aromatic N) is 8. The molecule has 4 atom stereocenters. The molecule has 4 aromatic rings. The van der Waals surface area contributed by atoms with Gasteiger partial charge in [0.05, 0.1) is 36.1 Å². The first-order valence-corrected chi connectivity index (χ1v) is 19.5. The molecule has 60 heavy (non-hydrogen) atoms. The number of likely N-dealkylation sites (tertiary alicyclic amines) is 2. The highest BCUT2D eigenvalue weighted by Gasteiger charge is 2.37. The Balaban J connectivity index is 0.000000228. The Bertz CT molecular complexity index is 2070. The number of hydrogen-bond acceptors (Lipinski definition) is 12. The van der Waals surface area contributed by atoms with Crippen LogP contribution in [0.3, 0.4) is 0 Å². The molecule has 2 saturated heterocycles. The van der Waals surface area contributed by atoms with E-state index in [1.165, 1.54) is 9.80 Å². The summed E-state index contributed by atoms with van der Waals surface area (Å²) in [5.74, 6) is -1.56. The number of nitriles is 2. The normalized spacial score (nSPS) is 19.1. The van der Waals surface area contributed by atoms with Crippen LogP contribution >= 0.6 is 0 Å². The average Bonchev–Trinajstić information content (AvgIpc) is 3.82. The van der Waals surface area contributed by atoms with E-state index in [1.807, 2.05) is 60.7 Å². The standard InChI is InChI=1S/2C21H26N6O3/c2*1-21(2,3)30-20(29)26-10-9-17(14(11-22)12-26)27-13-16(18(23)28)19(25-27)24-15-7-5-4-6-8-15/h2*4-8,13-14,17H,9-10,12H2,1-3H3,(H2,23,28)(H,24,25)/t2*14-,17?/m10/s1. The van der Waals surface area contributed by atoms with Gasteiger partial charge in [-0.3, -0.25) is 19.0 Å². The Labute approximate surface area is 349 Å². The molecule has 0 aliphatic carbocycles. The number of benzene rings is 2. The number of para-hydroxylation sites is 2. The summed E-state index contributed by atoms with van der Waals surface area (Å²) in [7, 11) is 0. The van der Waals surface area contributed by atoms with E-state index in [2.05, 4.69) is 33.0 Å². The number of hydrogen-bond donors (Lipinski definition) is 4. The molecule has 2 aromatic carbocycles. The van der Waals surface area contributed by atoms with Gasteiger partial charge in [0.15, 0.2) is 11.6 Å². The van der Waals surface area contributed by atoms with E-state index >= 15 is 0 Å². The van der Waals surface area contributed by atoms with Gasteiger partial charge in [-0.2, -0.15) is 20.7 Å². The highest BCUT2D eigenvalue weighted by atomic mass is 16.6. The molecule has 4 heterocycles. The summed E-state index contributed by atoms with van der Waals surface area (Å²) in [4.78, 5) is 51.7. The fourth-order valence-corrected chi connectivity index (χ4v) is 6.74. The van der Waals surface area contributed by atoms with Crippen LogP contribution in [-0.2, 0) is 9.47 Å². The number of aromatic nitrogens is 4. The molecular formula is C42H52N12O6. The summed E-state index contributed by atoms with van der Waals surface area (Å²) in [6.07, 6.45) is 3.25. The summed E-state index contributed by atoms with van der Waals surface area (Å²) in [5, 5.41) is 34.6. The van der Waals surface area contributed by atoms with Crippen LogP contribution in [0.1, 0.15) is 87.2 Å². The molecule has 2 fully saturated rings. The molecule has 0 bridgehead atoms. The van der Waals surface area contributed by atoms with E-state index in [0.29, 0.717) is 37.6 Å². The number of piperidine rings is 2. The minimum Gasteiger partial charge on any atom is -0.444 e. The van der Waals surface area contributed by atoms with Gasteiger partial charge >= 0.3 is 12.2 Å². The van der Waals surface area contributed by atoms with Crippen molar-refractivity contribution < 1.29 is 28.7 Å². The van der Waals surface area contributed by atoms with Crippen LogP contribution in [0.2, 0.25) is 0 Å². The van der Waals surface area contributed by atoms with Crippen LogP contribution in [0.5, 0.6) is 0 Å². The molecular weight excluding hydrogens is 769 g/mol. The van der Waals surface area contributed by atoms with Gasteiger partial charge in [-0.1, -0.05) is 36.4 Å². The third kappa shape index (κ3) is 11.5. The molecule has 18 nitrogen and oxygen atoms in total. The zero-order valence-corrected chi connectivity index (χ0v) is 34.7. The largest absolute Gasteiger partial charge is 0.444 e. The van der Waals surface area contributed by atoms with Crippen LogP contribution < -0.4 is 22.1 Å². The molecule has 2 unspecified atom stereocenters. The predicted octanol–water partition coefficient (Wildman–Crippen LogP) is 6.09. The van der Waals surface area contributed by atoms with Gasteiger partial charge in [-0.25, -0.2) is 9.59 Å². The summed E-state index contributed by atoms with van der Waals surface area (Å²) in [5.41, 5.74) is 11.9. The summed E-state index contributed by atoms with van der Waals surface area (Å²) < 4.78 is 14.0. The zero-order valence-electron chi connectivity index (χ0n) is 34.7. The number of carbonyl (C=O) groups excluding carboxylic acids is 4. The zero-order chi connectivity index (χ0) is 43.8. The van der Waals surface area contributed by atoms with Crippen LogP contribution in [0.4, 0.5) is 32.6 Å². The maximum Gasteiger partial charge on any atom is 0.410 e. The van der Waals surface area contributed by atoms with E-state index < -0.39 is 47.0 Å². The minimum absolute atomic E-state index is 0.225. The third-order valence-electron chi connectivity index (χ3n) is 9.54. The number of anilines is 4. The number of nitrogens with one attached hydrogen (secondary N) is 2. The first-order chi connectivity index (χ1) is 28.3. The van der Waals surface area contributed by atoms with Gasteiger partial charge in [-0.05, 0) is 78.6 Å². The van der Waals surface area contributed by atoms with Gasteiger partial charge in [0.1, 0.15) is 22.3 Å². The number of rotatable bonds is 8. The second kappa shape index (κ2) is 18.7. The fourth-order valence-electron chi connectivity index (χ4n) is 6.74. The van der Waals surface area contributed by atoms with Crippen molar-refractivity contribution >= 4 is 47.0 Å². The second-order valence-corrected chi connectivity index (χ2v) is 16.5. The smallest absolute Gasteiger partial charge is 0.410 e. The lowest BCUT2D eigenvalue weighted by molar-refractivity contribution is 0.0133. The van der Waals surface area contributed by atoms with Crippen LogP contribution in [-0.4, -0.2) is 90.7 Å². The molecule has 0 radical (unpaired) electrons. The molecule has 4 amide bonds. The van der Waals surface area contributed by atoms with Crippen LogP contribution in [0.25, 0.3) is 0 Å². The Kier molecular flexibility index (Phi) is 13.7. The van der Waals surface area contributed by atoms with Crippen molar-refractivity contribution in [2.45, 2.75) is 77.7 Å². The van der Waals surface area contributed by atoms with Crippen molar-refractivity contribution in [3.05, 3.63) is 84.2 Å². The third-order valence-corrected chi connectivity index (χ3v) is 9.54. The maximum atomic E-state index is 12.4. The van der Waals surface area contributed by atoms with E-state index in [-0.39, 0.29) is 36.3 Å². The molecule has 0 spiro atoms. The molecule has 2 aliphatic heterocycles. The number of carbonyl (C=O) groups is 4. The van der Waals surface area contributed by atoms with Crippen molar-refractivity contribution in [2.75, 3.05) is 36.8 Å². The van der Waals surface area contributed by atoms with Crippen molar-refractivity contribution in [1.29, 1.82) is 10.5 Å². The molecule has 6 rings (SSSR count). The summed E-state index contributed by atoms with van der Waals surface area (Å²) in [6, 6.07) is 22.5. The van der Waals surface area contributed by atoms with Gasteiger partial charge in [0.25, 0.3) is 11.8 Å². The Hall–Kier alpha value is -7.08. The first-order valence-electron chi connectivity index (χ1n) is 19.5. The lowest BCUT2D eigenvalue weighted by Crippen LogP contribution is -2.46. The van der Waals surface area contributed by atoms with Gasteiger partial charge < -0.3 is 41.4 Å². The molecule has 2 aliphatic rings. The van der Waals surface area contributed by atoms with E-state index in [1.54, 1.807) is 63.3 Å². The number of amides is 4. The molecule has 316 valence electrons. The number of ether oxygens (including phenoxy) is 2. The molecule has 6 N–H and O–H groups in total. The lowest BCUT2D eigenvalue weighted by atomic mass is 9.93. The fraction of sp³-hybridized carbons (Fsp3) is 0.429. The SMILES string of the molecule is CC(C)(C)OC(=O)N1CCC(n2cc(C(N)=O)c(Nc3ccccc3)n2)[C@@H](C#N)C1.CC(C)(C)OC(=O)N1CCC(n2cc(C(N)=O)c(Nc3ccccc3)n2)[C@H](C#N)C1. The average molecular weight is 821 g/mol. The molecule has 2 aromatic heterocycles. The lowest BCUT2D eigenvalue weighted by Gasteiger charge is -2.36. The monoisotopic (exact) mass is 820 g/mol. The predicted molar refractivity (Wildman–Crippen MR) is 222 cm³/mol. The van der Waals surface area contributed by atoms with Gasteiger partial charge in [0, 0.05) is 49.9 Å². The minimum atomic E-state index is -0.612. The van der Waals surface area contributed by atoms with E-state index in [0.717, 1.165) is 11.4 Å². The summed E-state index contributed by atoms with van der Waals surface area (Å²) >= 11 is 0. The number of nitrogens with two attached hydrogens (primary N) is 2. The van der Waals surface area contributed by atoms with Crippen molar-refractivity contribution in [3.63, 3.8) is 0 Å². The van der Waals surface area contributed by atoms with Crippen molar-refractivity contribution in [2.24, 2.45) is 23.3 Å². The van der Waals surface area contributed by atoms with Crippen molar-refractivity contribution in [3.8, 4) is 12.1 Å². The second-order valence-electron chi connectivity index (χ2n) is 16.5. The van der Waals surface area contributed by atoms with E-state index in [9.17, 15) is 29.7 Å². The van der Waals surface area contributed by atoms with E-state index in [4.69, 9.17) is 20.9 Å². The highest BCUT2D eigenvalue weighted by molar-refractivity contribution is 5.98. The Morgan fingerprint density at radius 2 is 1.00 bits per heavy atom. The quantitative estimate of drug-likeness (QED) is 0.157. The molecule has 18 heteroatoms. The van der Waals surface area contributed by atoms with Gasteiger partial charge in [0.2, 0.25) is 0 Å². The van der Waals surface area contributed by atoms with Crippen molar-refractivity contribution in [1.82, 2.24) is 29.4 Å². The number of primary amides is 2. The topological polar surface area (TPSA) is 253 Å². The van der Waals surface area contributed by atoms with Crippen LogP contribution in [0.15, 0.2) is 73.1 Å². The first kappa shape index (κ1) is 44.0. The molecule has 0 saturated carbocycles. The Morgan fingerprint density at radius 1 is 0.650 bits per heavy atom.